The van der Waals surface area contributed by atoms with Gasteiger partial charge in [0.2, 0.25) is 0 Å². The van der Waals surface area contributed by atoms with Crippen molar-refractivity contribution in [2.45, 2.75) is 32.1 Å². The van der Waals surface area contributed by atoms with Crippen LogP contribution >= 0.6 is 0 Å². The molecule has 1 aliphatic heterocycles. The van der Waals surface area contributed by atoms with Crippen LogP contribution in [0.25, 0.3) is 11.0 Å². The van der Waals surface area contributed by atoms with Crippen molar-refractivity contribution in [3.8, 4) is 0 Å². The van der Waals surface area contributed by atoms with Crippen LogP contribution in [0.1, 0.15) is 18.4 Å². The first-order valence-corrected chi connectivity index (χ1v) is 6.03. The summed E-state index contributed by atoms with van der Waals surface area (Å²) in [4.78, 5) is 4.39. The molecule has 0 spiro atoms. The van der Waals surface area contributed by atoms with E-state index < -0.39 is 0 Å². The second-order valence-corrected chi connectivity index (χ2v) is 4.47. The molecule has 1 atom stereocenters. The van der Waals surface area contributed by atoms with Crippen LogP contribution in [0, 0.1) is 0 Å². The number of rotatable bonds is 3. The van der Waals surface area contributed by atoms with Gasteiger partial charge in [-0.25, -0.2) is 4.98 Å². The summed E-state index contributed by atoms with van der Waals surface area (Å²) in [6.07, 6.45) is 6.32. The fourth-order valence-corrected chi connectivity index (χ4v) is 2.47. The number of aromatic nitrogens is 2. The minimum atomic E-state index is 0.0563. The highest BCUT2D eigenvalue weighted by molar-refractivity contribution is 5.80. The Labute approximate surface area is 99.8 Å². The van der Waals surface area contributed by atoms with E-state index in [4.69, 9.17) is 4.74 Å². The van der Waals surface area contributed by atoms with Gasteiger partial charge < -0.3 is 14.4 Å². The molecule has 1 unspecified atom stereocenters. The molecule has 4 heteroatoms. The van der Waals surface area contributed by atoms with Crippen LogP contribution in [0.5, 0.6) is 0 Å². The van der Waals surface area contributed by atoms with Crippen LogP contribution in [0.4, 0.5) is 0 Å². The van der Waals surface area contributed by atoms with Crippen molar-refractivity contribution in [3.05, 3.63) is 30.1 Å². The number of hydrogen-bond acceptors (Lipinski definition) is 3. The zero-order valence-electron chi connectivity index (χ0n) is 9.67. The molecule has 0 saturated carbocycles. The zero-order valence-corrected chi connectivity index (χ0v) is 9.67. The van der Waals surface area contributed by atoms with Gasteiger partial charge in [0.15, 0.2) is 0 Å². The highest BCUT2D eigenvalue weighted by Gasteiger charge is 2.18. The van der Waals surface area contributed by atoms with E-state index in [1.54, 1.807) is 6.20 Å². The summed E-state index contributed by atoms with van der Waals surface area (Å²) in [5.41, 5.74) is 1.87. The summed E-state index contributed by atoms with van der Waals surface area (Å²) >= 11 is 0. The Kier molecular flexibility index (Phi) is 2.82. The third-order valence-corrected chi connectivity index (χ3v) is 3.31. The molecule has 4 nitrogen and oxygen atoms in total. The van der Waals surface area contributed by atoms with Crippen LogP contribution in [0.2, 0.25) is 0 Å². The summed E-state index contributed by atoms with van der Waals surface area (Å²) < 4.78 is 7.73. The number of hydrogen-bond donors (Lipinski definition) is 1. The van der Waals surface area contributed by atoms with Gasteiger partial charge in [-0.05, 0) is 25.0 Å². The second-order valence-electron chi connectivity index (χ2n) is 4.47. The fourth-order valence-electron chi connectivity index (χ4n) is 2.47. The van der Waals surface area contributed by atoms with Crippen LogP contribution in [-0.2, 0) is 17.9 Å². The van der Waals surface area contributed by atoms with Crippen molar-refractivity contribution in [2.24, 2.45) is 0 Å². The van der Waals surface area contributed by atoms with Gasteiger partial charge >= 0.3 is 0 Å². The van der Waals surface area contributed by atoms with Gasteiger partial charge in [-0.15, -0.1) is 0 Å². The Morgan fingerprint density at radius 1 is 1.53 bits per heavy atom. The molecule has 3 rings (SSSR count). The van der Waals surface area contributed by atoms with Crippen molar-refractivity contribution in [2.75, 3.05) is 6.61 Å². The van der Waals surface area contributed by atoms with Crippen LogP contribution < -0.4 is 0 Å². The Morgan fingerprint density at radius 2 is 2.47 bits per heavy atom. The predicted molar refractivity (Wildman–Crippen MR) is 64.6 cm³/mol. The van der Waals surface area contributed by atoms with Gasteiger partial charge in [-0.2, -0.15) is 0 Å². The van der Waals surface area contributed by atoms with Crippen molar-refractivity contribution in [3.63, 3.8) is 0 Å². The van der Waals surface area contributed by atoms with Gasteiger partial charge in [0.1, 0.15) is 5.65 Å². The van der Waals surface area contributed by atoms with Crippen LogP contribution in [0.15, 0.2) is 24.5 Å². The molecule has 1 aliphatic rings. The first-order chi connectivity index (χ1) is 8.38. The summed E-state index contributed by atoms with van der Waals surface area (Å²) in [6.45, 7) is 1.75. The summed E-state index contributed by atoms with van der Waals surface area (Å²) in [5, 5.41) is 10.4. The number of ether oxygens (including phenoxy) is 1. The van der Waals surface area contributed by atoms with Gasteiger partial charge in [-0.1, -0.05) is 0 Å². The Hall–Kier alpha value is -1.39. The lowest BCUT2D eigenvalue weighted by Gasteiger charge is -2.10. The first kappa shape index (κ1) is 10.7. The van der Waals surface area contributed by atoms with E-state index in [1.807, 2.05) is 18.3 Å². The fraction of sp³-hybridized carbons (Fsp3) is 0.462. The summed E-state index contributed by atoms with van der Waals surface area (Å²) in [6, 6.07) is 3.90. The molecule has 2 aromatic heterocycles. The van der Waals surface area contributed by atoms with E-state index in [0.29, 0.717) is 6.10 Å². The standard InChI is InChI=1S/C13H16N2O2/c16-9-10-7-15(8-11-3-2-6-17-11)13-12(10)4-1-5-14-13/h1,4-5,7,11,16H,2-3,6,8-9H2. The third-order valence-electron chi connectivity index (χ3n) is 3.31. The number of aliphatic hydroxyl groups is 1. The number of fused-ring (bicyclic) bond motifs is 1. The quantitative estimate of drug-likeness (QED) is 0.876. The SMILES string of the molecule is OCc1cn(CC2CCCO2)c2ncccc12. The number of pyridine rings is 1. The topological polar surface area (TPSA) is 47.3 Å². The van der Waals surface area contributed by atoms with Crippen LogP contribution in [-0.4, -0.2) is 27.4 Å². The molecule has 1 N–H and O–H groups in total. The molecule has 0 aliphatic carbocycles. The van der Waals surface area contributed by atoms with E-state index in [-0.39, 0.29) is 6.61 Å². The number of aliphatic hydroxyl groups excluding tert-OH is 1. The maximum atomic E-state index is 9.34. The third kappa shape index (κ3) is 1.94. The van der Waals surface area contributed by atoms with Gasteiger partial charge in [0, 0.05) is 30.0 Å². The van der Waals surface area contributed by atoms with Gasteiger partial charge in [0.25, 0.3) is 0 Å². The maximum Gasteiger partial charge on any atom is 0.140 e. The van der Waals surface area contributed by atoms with Crippen molar-refractivity contribution in [1.82, 2.24) is 9.55 Å². The van der Waals surface area contributed by atoms with E-state index >= 15 is 0 Å². The lowest BCUT2D eigenvalue weighted by Crippen LogP contribution is -2.14. The predicted octanol–water partition coefficient (Wildman–Crippen LogP) is 1.71. The minimum Gasteiger partial charge on any atom is -0.392 e. The molecule has 17 heavy (non-hydrogen) atoms. The second kappa shape index (κ2) is 4.47. The normalized spacial score (nSPS) is 20.2. The lowest BCUT2D eigenvalue weighted by molar-refractivity contribution is 0.0978. The van der Waals surface area contributed by atoms with Gasteiger partial charge in [0.05, 0.1) is 19.3 Å². The molecule has 0 amide bonds. The molecule has 2 aromatic rings. The Bertz CT molecular complexity index is 515. The molecule has 0 aromatic carbocycles. The Morgan fingerprint density at radius 3 is 3.24 bits per heavy atom. The summed E-state index contributed by atoms with van der Waals surface area (Å²) in [7, 11) is 0. The van der Waals surface area contributed by atoms with Gasteiger partial charge in [-0.3, -0.25) is 0 Å². The molecular weight excluding hydrogens is 216 g/mol. The molecule has 3 heterocycles. The van der Waals surface area contributed by atoms with E-state index in [2.05, 4.69) is 9.55 Å². The first-order valence-electron chi connectivity index (χ1n) is 6.03. The lowest BCUT2D eigenvalue weighted by atomic mass is 10.2. The molecule has 1 saturated heterocycles. The van der Waals surface area contributed by atoms with E-state index in [0.717, 1.165) is 42.6 Å². The largest absolute Gasteiger partial charge is 0.392 e. The number of nitrogens with zero attached hydrogens (tertiary/aromatic N) is 2. The zero-order chi connectivity index (χ0) is 11.7. The van der Waals surface area contributed by atoms with E-state index in [9.17, 15) is 5.11 Å². The summed E-state index contributed by atoms with van der Waals surface area (Å²) in [5.74, 6) is 0. The van der Waals surface area contributed by atoms with Crippen molar-refractivity contribution < 1.29 is 9.84 Å². The molecule has 0 bridgehead atoms. The highest BCUT2D eigenvalue weighted by atomic mass is 16.5. The monoisotopic (exact) mass is 232 g/mol. The van der Waals surface area contributed by atoms with Crippen molar-refractivity contribution >= 4 is 11.0 Å². The van der Waals surface area contributed by atoms with Crippen LogP contribution in [0.3, 0.4) is 0 Å². The minimum absolute atomic E-state index is 0.0563. The molecular formula is C13H16N2O2. The molecule has 1 fully saturated rings. The highest BCUT2D eigenvalue weighted by Crippen LogP contribution is 2.22. The van der Waals surface area contributed by atoms with Crippen molar-refractivity contribution in [1.29, 1.82) is 0 Å². The molecule has 90 valence electrons. The average Bonchev–Trinajstić information content (AvgIpc) is 2.98. The van der Waals surface area contributed by atoms with E-state index in [1.165, 1.54) is 0 Å². The Balaban J connectivity index is 1.97. The maximum absolute atomic E-state index is 9.34. The smallest absolute Gasteiger partial charge is 0.140 e. The average molecular weight is 232 g/mol. The molecule has 0 radical (unpaired) electrons.